The van der Waals surface area contributed by atoms with Crippen LogP contribution < -0.4 is 0 Å². The normalized spacial score (nSPS) is 38.5. The minimum Gasteiger partial charge on any atom is -0.373 e. The van der Waals surface area contributed by atoms with Gasteiger partial charge in [-0.25, -0.2) is 0 Å². The van der Waals surface area contributed by atoms with Gasteiger partial charge in [-0.15, -0.1) is 0 Å². The quantitative estimate of drug-likeness (QED) is 0.774. The van der Waals surface area contributed by atoms with Gasteiger partial charge in [0.1, 0.15) is 0 Å². The van der Waals surface area contributed by atoms with E-state index in [2.05, 4.69) is 37.7 Å². The molecule has 4 heteroatoms. The Morgan fingerprint density at radius 3 is 1.95 bits per heavy atom. The molecule has 0 amide bonds. The van der Waals surface area contributed by atoms with E-state index in [9.17, 15) is 0 Å². The van der Waals surface area contributed by atoms with E-state index in [0.29, 0.717) is 24.4 Å². The van der Waals surface area contributed by atoms with Gasteiger partial charge >= 0.3 is 0 Å². The fourth-order valence-corrected chi connectivity index (χ4v) is 3.32. The van der Waals surface area contributed by atoms with Gasteiger partial charge in [0.15, 0.2) is 0 Å². The number of likely N-dealkylation sites (N-methyl/N-ethyl adjacent to an activating group) is 2. The molecule has 2 saturated heterocycles. The van der Waals surface area contributed by atoms with Crippen molar-refractivity contribution in [1.29, 1.82) is 0 Å². The van der Waals surface area contributed by atoms with Gasteiger partial charge in [0.25, 0.3) is 0 Å². The molecule has 2 heterocycles. The predicted octanol–water partition coefficient (Wildman–Crippen LogP) is 1.59. The first-order valence-corrected chi connectivity index (χ1v) is 7.74. The monoisotopic (exact) mass is 270 g/mol. The van der Waals surface area contributed by atoms with E-state index >= 15 is 0 Å². The van der Waals surface area contributed by atoms with E-state index in [1.807, 2.05) is 0 Å². The fourth-order valence-electron chi connectivity index (χ4n) is 3.32. The zero-order valence-corrected chi connectivity index (χ0v) is 13.0. The second-order valence-electron chi connectivity index (χ2n) is 6.38. The van der Waals surface area contributed by atoms with Gasteiger partial charge in [-0.1, -0.05) is 6.92 Å². The lowest BCUT2D eigenvalue weighted by atomic mass is 10.1. The zero-order valence-electron chi connectivity index (χ0n) is 13.0. The van der Waals surface area contributed by atoms with Crippen LogP contribution in [0.3, 0.4) is 0 Å². The Morgan fingerprint density at radius 2 is 1.37 bits per heavy atom. The second kappa shape index (κ2) is 7.02. The maximum Gasteiger partial charge on any atom is 0.0707 e. The third-order valence-corrected chi connectivity index (χ3v) is 4.19. The molecule has 0 aromatic rings. The smallest absolute Gasteiger partial charge is 0.0707 e. The van der Waals surface area contributed by atoms with Crippen LogP contribution in [-0.2, 0) is 9.47 Å². The number of hydrogen-bond acceptors (Lipinski definition) is 4. The first-order chi connectivity index (χ1) is 9.06. The van der Waals surface area contributed by atoms with Crippen LogP contribution >= 0.6 is 0 Å². The lowest BCUT2D eigenvalue weighted by Crippen LogP contribution is -2.47. The summed E-state index contributed by atoms with van der Waals surface area (Å²) in [6, 6.07) is 0. The molecule has 2 fully saturated rings. The van der Waals surface area contributed by atoms with E-state index in [1.165, 1.54) is 0 Å². The molecule has 0 saturated carbocycles. The van der Waals surface area contributed by atoms with Crippen molar-refractivity contribution in [2.24, 2.45) is 0 Å². The Balaban J connectivity index is 1.75. The highest BCUT2D eigenvalue weighted by atomic mass is 16.5. The molecule has 2 aliphatic heterocycles. The van der Waals surface area contributed by atoms with Crippen LogP contribution in [0, 0.1) is 0 Å². The highest BCUT2D eigenvalue weighted by Crippen LogP contribution is 2.20. The van der Waals surface area contributed by atoms with Gasteiger partial charge < -0.3 is 19.3 Å². The molecule has 0 N–H and O–H groups in total. The van der Waals surface area contributed by atoms with E-state index in [1.54, 1.807) is 0 Å². The Hall–Kier alpha value is -0.160. The van der Waals surface area contributed by atoms with Crippen molar-refractivity contribution >= 4 is 0 Å². The maximum atomic E-state index is 6.14. The molecule has 4 unspecified atom stereocenters. The van der Waals surface area contributed by atoms with Crippen LogP contribution in [0.4, 0.5) is 0 Å². The molecule has 2 aliphatic rings. The first kappa shape index (κ1) is 15.2. The van der Waals surface area contributed by atoms with Crippen molar-refractivity contribution in [3.63, 3.8) is 0 Å². The summed E-state index contributed by atoms with van der Waals surface area (Å²) in [4.78, 5) is 4.78. The number of rotatable bonds is 4. The van der Waals surface area contributed by atoms with E-state index in [-0.39, 0.29) is 0 Å². The molecule has 2 rings (SSSR count). The van der Waals surface area contributed by atoms with Crippen LogP contribution in [0.25, 0.3) is 0 Å². The van der Waals surface area contributed by atoms with E-state index in [0.717, 1.165) is 45.4 Å². The van der Waals surface area contributed by atoms with Crippen LogP contribution in [0.2, 0.25) is 0 Å². The lowest BCUT2D eigenvalue weighted by molar-refractivity contribution is -0.102. The molecule has 4 nitrogen and oxygen atoms in total. The van der Waals surface area contributed by atoms with Gasteiger partial charge in [-0.3, -0.25) is 0 Å². The minimum atomic E-state index is 0.363. The fraction of sp³-hybridized carbons (Fsp3) is 1.00. The molecular formula is C15H30N2O2. The standard InChI is InChI=1S/C15H30N2O2/c1-5-13-9-17(4)11-15(19-13)7-6-14-10-16(3)8-12(2)18-14/h12-15H,5-11H2,1-4H3. The number of morpholine rings is 2. The summed E-state index contributed by atoms with van der Waals surface area (Å²) in [7, 11) is 4.38. The molecule has 19 heavy (non-hydrogen) atoms. The van der Waals surface area contributed by atoms with Crippen molar-refractivity contribution in [3.05, 3.63) is 0 Å². The summed E-state index contributed by atoms with van der Waals surface area (Å²) < 4.78 is 12.2. The van der Waals surface area contributed by atoms with Crippen LogP contribution in [-0.4, -0.2) is 74.5 Å². The summed E-state index contributed by atoms with van der Waals surface area (Å²) in [6.45, 7) is 8.63. The third kappa shape index (κ3) is 4.71. The minimum absolute atomic E-state index is 0.363. The summed E-state index contributed by atoms with van der Waals surface area (Å²) >= 11 is 0. The SMILES string of the molecule is CCC1CN(C)CC(CCC2CN(C)CC(C)O2)O1. The van der Waals surface area contributed by atoms with Gasteiger partial charge in [0.2, 0.25) is 0 Å². The molecule has 0 spiro atoms. The topological polar surface area (TPSA) is 24.9 Å². The highest BCUT2D eigenvalue weighted by Gasteiger charge is 2.27. The molecule has 4 atom stereocenters. The summed E-state index contributed by atoms with van der Waals surface area (Å²) in [6.07, 6.45) is 4.88. The van der Waals surface area contributed by atoms with Gasteiger partial charge in [0, 0.05) is 26.2 Å². The number of nitrogens with zero attached hydrogens (tertiary/aromatic N) is 2. The number of hydrogen-bond donors (Lipinski definition) is 0. The summed E-state index contributed by atoms with van der Waals surface area (Å²) in [5, 5.41) is 0. The van der Waals surface area contributed by atoms with Gasteiger partial charge in [-0.2, -0.15) is 0 Å². The Kier molecular flexibility index (Phi) is 5.63. The van der Waals surface area contributed by atoms with Crippen LogP contribution in [0.15, 0.2) is 0 Å². The molecule has 0 aromatic carbocycles. The molecule has 112 valence electrons. The molecular weight excluding hydrogens is 240 g/mol. The number of ether oxygens (including phenoxy) is 2. The van der Waals surface area contributed by atoms with E-state index in [4.69, 9.17) is 9.47 Å². The summed E-state index contributed by atoms with van der Waals surface area (Å²) in [5.41, 5.74) is 0. The molecule has 0 bridgehead atoms. The largest absolute Gasteiger partial charge is 0.373 e. The first-order valence-electron chi connectivity index (χ1n) is 7.74. The average molecular weight is 270 g/mol. The summed E-state index contributed by atoms with van der Waals surface area (Å²) in [5.74, 6) is 0. The van der Waals surface area contributed by atoms with Crippen molar-refractivity contribution in [2.45, 2.75) is 57.5 Å². The van der Waals surface area contributed by atoms with Gasteiger partial charge in [0.05, 0.1) is 24.4 Å². The Bertz CT molecular complexity index is 265. The average Bonchev–Trinajstić information content (AvgIpc) is 2.34. The van der Waals surface area contributed by atoms with Crippen LogP contribution in [0.5, 0.6) is 0 Å². The van der Waals surface area contributed by atoms with Crippen molar-refractivity contribution in [1.82, 2.24) is 9.80 Å². The Labute approximate surface area is 118 Å². The highest BCUT2D eigenvalue weighted by molar-refractivity contribution is 4.79. The van der Waals surface area contributed by atoms with Crippen LogP contribution in [0.1, 0.15) is 33.1 Å². The zero-order chi connectivity index (χ0) is 13.8. The lowest BCUT2D eigenvalue weighted by Gasteiger charge is -2.38. The van der Waals surface area contributed by atoms with Crippen molar-refractivity contribution in [3.8, 4) is 0 Å². The maximum absolute atomic E-state index is 6.14. The second-order valence-corrected chi connectivity index (χ2v) is 6.38. The van der Waals surface area contributed by atoms with E-state index < -0.39 is 0 Å². The van der Waals surface area contributed by atoms with Crippen molar-refractivity contribution < 1.29 is 9.47 Å². The van der Waals surface area contributed by atoms with Gasteiger partial charge in [-0.05, 0) is 40.3 Å². The molecule has 0 radical (unpaired) electrons. The third-order valence-electron chi connectivity index (χ3n) is 4.19. The van der Waals surface area contributed by atoms with Crippen molar-refractivity contribution in [2.75, 3.05) is 40.3 Å². The predicted molar refractivity (Wildman–Crippen MR) is 77.5 cm³/mol. The molecule has 0 aliphatic carbocycles. The molecule has 0 aromatic heterocycles. The Morgan fingerprint density at radius 1 is 0.842 bits per heavy atom.